The van der Waals surface area contributed by atoms with Crippen LogP contribution in [0.1, 0.15) is 39.0 Å². The first-order valence-corrected chi connectivity index (χ1v) is 9.93. The standard InChI is InChI=1S/C18H23ClN4OS/c1-12(17(24)20-13-8-4-3-5-9-13)25-18-22-21-16(23(18)2)14-10-6-7-11-15(14)19/h6-7,10-13H,3-5,8-9H2,1-2H3,(H,20,24). The summed E-state index contributed by atoms with van der Waals surface area (Å²) in [4.78, 5) is 12.4. The summed E-state index contributed by atoms with van der Waals surface area (Å²) in [5.41, 5.74) is 0.838. The Kier molecular flexibility index (Phi) is 6.02. The lowest BCUT2D eigenvalue weighted by atomic mass is 9.95. The van der Waals surface area contributed by atoms with Crippen LogP contribution in [0, 0.1) is 0 Å². The van der Waals surface area contributed by atoms with Crippen molar-refractivity contribution >= 4 is 29.3 Å². The van der Waals surface area contributed by atoms with Gasteiger partial charge in [-0.05, 0) is 31.9 Å². The van der Waals surface area contributed by atoms with Crippen LogP contribution in [0.3, 0.4) is 0 Å². The molecule has 1 fully saturated rings. The highest BCUT2D eigenvalue weighted by Crippen LogP contribution is 2.29. The highest BCUT2D eigenvalue weighted by atomic mass is 35.5. The number of halogens is 1. The van der Waals surface area contributed by atoms with Crippen molar-refractivity contribution in [3.8, 4) is 11.4 Å². The van der Waals surface area contributed by atoms with Gasteiger partial charge in [-0.15, -0.1) is 10.2 Å². The topological polar surface area (TPSA) is 59.8 Å². The number of thioether (sulfide) groups is 1. The summed E-state index contributed by atoms with van der Waals surface area (Å²) < 4.78 is 1.89. The highest BCUT2D eigenvalue weighted by molar-refractivity contribution is 8.00. The van der Waals surface area contributed by atoms with Crippen LogP contribution in [0.15, 0.2) is 29.4 Å². The Morgan fingerprint density at radius 3 is 2.72 bits per heavy atom. The van der Waals surface area contributed by atoms with Crippen LogP contribution in [0.25, 0.3) is 11.4 Å². The van der Waals surface area contributed by atoms with E-state index in [9.17, 15) is 4.79 Å². The Balaban J connectivity index is 1.66. The second kappa shape index (κ2) is 8.23. The molecular weight excluding hydrogens is 356 g/mol. The minimum atomic E-state index is -0.219. The molecule has 1 unspecified atom stereocenters. The number of hydrogen-bond acceptors (Lipinski definition) is 4. The maximum atomic E-state index is 12.4. The third-order valence-electron chi connectivity index (χ3n) is 4.55. The van der Waals surface area contributed by atoms with E-state index in [4.69, 9.17) is 11.6 Å². The van der Waals surface area contributed by atoms with Crippen molar-refractivity contribution < 1.29 is 4.79 Å². The van der Waals surface area contributed by atoms with Crippen LogP contribution in [-0.4, -0.2) is 32.0 Å². The Morgan fingerprint density at radius 1 is 1.28 bits per heavy atom. The molecule has 2 aromatic rings. The molecule has 0 radical (unpaired) electrons. The molecule has 1 atom stereocenters. The normalized spacial score (nSPS) is 16.6. The van der Waals surface area contributed by atoms with Gasteiger partial charge in [0.15, 0.2) is 11.0 Å². The summed E-state index contributed by atoms with van der Waals surface area (Å²) in [6.45, 7) is 1.91. The van der Waals surface area contributed by atoms with Gasteiger partial charge in [-0.3, -0.25) is 4.79 Å². The van der Waals surface area contributed by atoms with Crippen molar-refractivity contribution in [3.63, 3.8) is 0 Å². The molecule has 0 bridgehead atoms. The first-order chi connectivity index (χ1) is 12.1. The predicted octanol–water partition coefficient (Wildman–Crippen LogP) is 4.07. The molecule has 1 aromatic heterocycles. The summed E-state index contributed by atoms with van der Waals surface area (Å²) in [6, 6.07) is 7.87. The minimum absolute atomic E-state index is 0.0687. The number of benzene rings is 1. The average Bonchev–Trinajstić information content (AvgIpc) is 2.97. The SMILES string of the molecule is CC(Sc1nnc(-c2ccccc2Cl)n1C)C(=O)NC1CCCCC1. The van der Waals surface area contributed by atoms with Gasteiger partial charge in [0.1, 0.15) is 0 Å². The number of nitrogens with one attached hydrogen (secondary N) is 1. The summed E-state index contributed by atoms with van der Waals surface area (Å²) in [5.74, 6) is 0.771. The first-order valence-electron chi connectivity index (χ1n) is 8.67. The van der Waals surface area contributed by atoms with Gasteiger partial charge in [0.2, 0.25) is 5.91 Å². The minimum Gasteiger partial charge on any atom is -0.352 e. The lowest BCUT2D eigenvalue weighted by Gasteiger charge is -2.24. The van der Waals surface area contributed by atoms with Crippen LogP contribution in [0.5, 0.6) is 0 Å². The number of carbonyl (C=O) groups is 1. The van der Waals surface area contributed by atoms with Gasteiger partial charge in [-0.25, -0.2) is 0 Å². The van der Waals surface area contributed by atoms with E-state index in [2.05, 4.69) is 15.5 Å². The molecule has 0 aliphatic heterocycles. The molecule has 1 amide bonds. The van der Waals surface area contributed by atoms with Crippen molar-refractivity contribution in [3.05, 3.63) is 29.3 Å². The number of nitrogens with zero attached hydrogens (tertiary/aromatic N) is 3. The Bertz CT molecular complexity index is 742. The number of hydrogen-bond donors (Lipinski definition) is 1. The lowest BCUT2D eigenvalue weighted by Crippen LogP contribution is -2.40. The zero-order valence-electron chi connectivity index (χ0n) is 14.5. The zero-order chi connectivity index (χ0) is 17.8. The number of amides is 1. The molecule has 1 aliphatic rings. The summed E-state index contributed by atoms with van der Waals surface area (Å²) in [7, 11) is 1.90. The second-order valence-corrected chi connectivity index (χ2v) is 8.16. The molecule has 1 saturated carbocycles. The van der Waals surface area contributed by atoms with Gasteiger partial charge in [-0.1, -0.05) is 54.8 Å². The van der Waals surface area contributed by atoms with Gasteiger partial charge in [0.05, 0.1) is 10.3 Å². The molecule has 7 heteroatoms. The van der Waals surface area contributed by atoms with Crippen molar-refractivity contribution in [2.24, 2.45) is 7.05 Å². The smallest absolute Gasteiger partial charge is 0.233 e. The van der Waals surface area contributed by atoms with Gasteiger partial charge in [0.25, 0.3) is 0 Å². The Hall–Kier alpha value is -1.53. The van der Waals surface area contributed by atoms with E-state index in [1.165, 1.54) is 31.0 Å². The molecular formula is C18H23ClN4OS. The lowest BCUT2D eigenvalue weighted by molar-refractivity contribution is -0.121. The van der Waals surface area contributed by atoms with E-state index in [1.54, 1.807) is 0 Å². The van der Waals surface area contributed by atoms with E-state index in [0.717, 1.165) is 18.4 Å². The zero-order valence-corrected chi connectivity index (χ0v) is 16.1. The maximum absolute atomic E-state index is 12.4. The quantitative estimate of drug-likeness (QED) is 0.797. The van der Waals surface area contributed by atoms with Crippen molar-refractivity contribution in [1.29, 1.82) is 0 Å². The van der Waals surface area contributed by atoms with Crippen molar-refractivity contribution in [2.45, 2.75) is 55.5 Å². The summed E-state index contributed by atoms with van der Waals surface area (Å²) >= 11 is 7.68. The van der Waals surface area contributed by atoms with Crippen LogP contribution in [0.4, 0.5) is 0 Å². The van der Waals surface area contributed by atoms with Crippen LogP contribution >= 0.6 is 23.4 Å². The molecule has 0 spiro atoms. The largest absolute Gasteiger partial charge is 0.352 e. The van der Waals surface area contributed by atoms with Gasteiger partial charge >= 0.3 is 0 Å². The van der Waals surface area contributed by atoms with Crippen molar-refractivity contribution in [2.75, 3.05) is 0 Å². The maximum Gasteiger partial charge on any atom is 0.233 e. The van der Waals surface area contributed by atoms with Crippen molar-refractivity contribution in [1.82, 2.24) is 20.1 Å². The fraction of sp³-hybridized carbons (Fsp3) is 0.500. The Labute approximate surface area is 157 Å². The fourth-order valence-electron chi connectivity index (χ4n) is 3.07. The van der Waals surface area contributed by atoms with E-state index < -0.39 is 0 Å². The molecule has 25 heavy (non-hydrogen) atoms. The Morgan fingerprint density at radius 2 is 2.00 bits per heavy atom. The van der Waals surface area contributed by atoms with Crippen LogP contribution in [0.2, 0.25) is 5.02 Å². The van der Waals surface area contributed by atoms with Gasteiger partial charge in [-0.2, -0.15) is 0 Å². The fourth-order valence-corrected chi connectivity index (χ4v) is 4.12. The van der Waals surface area contributed by atoms with E-state index in [1.807, 2.05) is 42.8 Å². The summed E-state index contributed by atoms with van der Waals surface area (Å²) in [6.07, 6.45) is 5.86. The first kappa shape index (κ1) is 18.3. The molecule has 1 N–H and O–H groups in total. The predicted molar refractivity (Wildman–Crippen MR) is 102 cm³/mol. The molecule has 5 nitrogen and oxygen atoms in total. The summed E-state index contributed by atoms with van der Waals surface area (Å²) in [5, 5.41) is 12.8. The third kappa shape index (κ3) is 4.36. The molecule has 134 valence electrons. The van der Waals surface area contributed by atoms with E-state index in [-0.39, 0.29) is 11.2 Å². The van der Waals surface area contributed by atoms with E-state index in [0.29, 0.717) is 22.0 Å². The number of rotatable bonds is 5. The highest BCUT2D eigenvalue weighted by Gasteiger charge is 2.23. The van der Waals surface area contributed by atoms with Crippen LogP contribution < -0.4 is 5.32 Å². The van der Waals surface area contributed by atoms with Crippen LogP contribution in [-0.2, 0) is 11.8 Å². The molecule has 1 heterocycles. The second-order valence-electron chi connectivity index (χ2n) is 6.45. The molecule has 1 aliphatic carbocycles. The molecule has 1 aromatic carbocycles. The molecule has 0 saturated heterocycles. The van der Waals surface area contributed by atoms with Gasteiger partial charge in [0, 0.05) is 18.7 Å². The number of carbonyl (C=O) groups excluding carboxylic acids is 1. The number of aromatic nitrogens is 3. The monoisotopic (exact) mass is 378 g/mol. The van der Waals surface area contributed by atoms with E-state index >= 15 is 0 Å². The van der Waals surface area contributed by atoms with Gasteiger partial charge < -0.3 is 9.88 Å². The average molecular weight is 379 g/mol. The third-order valence-corrected chi connectivity index (χ3v) is 6.02. The molecule has 3 rings (SSSR count).